The summed E-state index contributed by atoms with van der Waals surface area (Å²) in [4.78, 5) is 29.4. The molecule has 0 radical (unpaired) electrons. The smallest absolute Gasteiger partial charge is 0.321 e. The van der Waals surface area contributed by atoms with Crippen LogP contribution >= 0.6 is 0 Å². The first-order valence-electron chi connectivity index (χ1n) is 13.1. The number of carbonyl (C=O) groups is 2. The van der Waals surface area contributed by atoms with Crippen LogP contribution in [0.2, 0.25) is 0 Å². The number of anilines is 2. The average molecular weight is 585 g/mol. The van der Waals surface area contributed by atoms with Gasteiger partial charge < -0.3 is 25.0 Å². The Labute approximate surface area is 238 Å². The van der Waals surface area contributed by atoms with Gasteiger partial charge in [0.25, 0.3) is 15.9 Å². The summed E-state index contributed by atoms with van der Waals surface area (Å²) in [5, 5.41) is 12.7. The highest BCUT2D eigenvalue weighted by Gasteiger charge is 2.34. The van der Waals surface area contributed by atoms with Crippen molar-refractivity contribution in [1.29, 1.82) is 0 Å². The number of halogens is 1. The van der Waals surface area contributed by atoms with Gasteiger partial charge in [0.05, 0.1) is 29.7 Å². The first-order chi connectivity index (χ1) is 19.5. The molecule has 0 bridgehead atoms. The Morgan fingerprint density at radius 2 is 1.80 bits per heavy atom. The third-order valence-electron chi connectivity index (χ3n) is 6.87. The molecule has 218 valence electrons. The van der Waals surface area contributed by atoms with Gasteiger partial charge >= 0.3 is 6.03 Å². The molecule has 12 heteroatoms. The molecule has 0 fully saturated rings. The number of likely N-dealkylation sites (N-methyl/N-ethyl adjacent to an activating group) is 1. The number of sulfonamides is 1. The fourth-order valence-corrected chi connectivity index (χ4v) is 5.47. The van der Waals surface area contributed by atoms with Gasteiger partial charge in [-0.2, -0.15) is 0 Å². The Morgan fingerprint density at radius 1 is 1.12 bits per heavy atom. The number of benzene rings is 3. The topological polar surface area (TPSA) is 128 Å². The molecule has 3 aromatic rings. The Balaban J connectivity index is 1.62. The van der Waals surface area contributed by atoms with E-state index in [0.717, 1.165) is 24.3 Å². The van der Waals surface area contributed by atoms with E-state index in [1.165, 1.54) is 28.0 Å². The molecule has 0 saturated carbocycles. The van der Waals surface area contributed by atoms with Crippen LogP contribution in [-0.2, 0) is 10.0 Å². The molecule has 0 aliphatic carbocycles. The van der Waals surface area contributed by atoms with E-state index in [1.807, 2.05) is 25.1 Å². The van der Waals surface area contributed by atoms with E-state index >= 15 is 0 Å². The van der Waals surface area contributed by atoms with Crippen LogP contribution in [0, 0.1) is 11.7 Å². The van der Waals surface area contributed by atoms with Gasteiger partial charge in [0, 0.05) is 30.9 Å². The zero-order valence-corrected chi connectivity index (χ0v) is 23.8. The van der Waals surface area contributed by atoms with Crippen molar-refractivity contribution in [2.75, 3.05) is 36.8 Å². The number of nitrogens with one attached hydrogen (secondary N) is 2. The number of para-hydroxylation sites is 1. The predicted molar refractivity (Wildman–Crippen MR) is 153 cm³/mol. The van der Waals surface area contributed by atoms with Crippen LogP contribution in [0.1, 0.15) is 24.2 Å². The summed E-state index contributed by atoms with van der Waals surface area (Å²) in [6.07, 6.45) is -0.538. The van der Waals surface area contributed by atoms with E-state index in [4.69, 9.17) is 4.74 Å². The Bertz CT molecular complexity index is 1490. The summed E-state index contributed by atoms with van der Waals surface area (Å²) in [5.74, 6) is -1.03. The number of hydrogen-bond donors (Lipinski definition) is 3. The molecule has 41 heavy (non-hydrogen) atoms. The molecule has 1 aliphatic heterocycles. The number of amides is 3. The molecule has 3 amide bonds. The van der Waals surface area contributed by atoms with Gasteiger partial charge in [0.15, 0.2) is 0 Å². The SMILES string of the molecule is C[C@@H]1CN([C@@H](C)CO)C(=O)c2cc(NS(=O)(=O)c3ccc(F)cc3)ccc2O[C@@H]1CN(C)C(=O)Nc1ccccc1. The zero-order valence-electron chi connectivity index (χ0n) is 23.0. The second-order valence-electron chi connectivity index (χ2n) is 10.1. The van der Waals surface area contributed by atoms with Crippen molar-refractivity contribution >= 4 is 33.3 Å². The van der Waals surface area contributed by atoms with Crippen LogP contribution in [0.3, 0.4) is 0 Å². The molecule has 0 spiro atoms. The third kappa shape index (κ3) is 7.14. The number of aliphatic hydroxyl groups excluding tert-OH is 1. The molecule has 0 saturated heterocycles. The van der Waals surface area contributed by atoms with Crippen molar-refractivity contribution < 1.29 is 32.2 Å². The van der Waals surface area contributed by atoms with Gasteiger partial charge in [0.2, 0.25) is 0 Å². The summed E-state index contributed by atoms with van der Waals surface area (Å²) in [6.45, 7) is 3.74. The number of aliphatic hydroxyl groups is 1. The zero-order chi connectivity index (χ0) is 29.7. The maximum absolute atomic E-state index is 13.6. The summed E-state index contributed by atoms with van der Waals surface area (Å²) >= 11 is 0. The van der Waals surface area contributed by atoms with Gasteiger partial charge in [-0.15, -0.1) is 0 Å². The van der Waals surface area contributed by atoms with Gasteiger partial charge in [-0.1, -0.05) is 25.1 Å². The fourth-order valence-electron chi connectivity index (χ4n) is 4.42. The maximum Gasteiger partial charge on any atom is 0.321 e. The molecular formula is C29H33FN4O6S. The van der Waals surface area contributed by atoms with E-state index in [1.54, 1.807) is 26.1 Å². The molecule has 10 nitrogen and oxygen atoms in total. The molecule has 3 atom stereocenters. The Hall–Kier alpha value is -4.16. The van der Waals surface area contributed by atoms with Crippen LogP contribution in [0.4, 0.5) is 20.6 Å². The number of fused-ring (bicyclic) bond motifs is 1. The van der Waals surface area contributed by atoms with Gasteiger partial charge in [-0.25, -0.2) is 17.6 Å². The molecule has 4 rings (SSSR count). The van der Waals surface area contributed by atoms with Crippen LogP contribution in [0.5, 0.6) is 5.75 Å². The highest BCUT2D eigenvalue weighted by Crippen LogP contribution is 2.31. The second-order valence-corrected chi connectivity index (χ2v) is 11.8. The first kappa shape index (κ1) is 29.8. The van der Waals surface area contributed by atoms with Crippen LogP contribution in [0.15, 0.2) is 77.7 Å². The van der Waals surface area contributed by atoms with Crippen LogP contribution in [0.25, 0.3) is 0 Å². The molecular weight excluding hydrogens is 551 g/mol. The number of ether oxygens (including phenoxy) is 1. The number of hydrogen-bond acceptors (Lipinski definition) is 6. The van der Waals surface area contributed by atoms with Crippen molar-refractivity contribution in [3.8, 4) is 5.75 Å². The minimum Gasteiger partial charge on any atom is -0.487 e. The number of rotatable bonds is 8. The van der Waals surface area contributed by atoms with E-state index in [-0.39, 0.29) is 53.5 Å². The molecule has 1 aliphatic rings. The lowest BCUT2D eigenvalue weighted by molar-refractivity contribution is 0.0371. The summed E-state index contributed by atoms with van der Waals surface area (Å²) in [5.41, 5.74) is 0.842. The lowest BCUT2D eigenvalue weighted by atomic mass is 9.99. The lowest BCUT2D eigenvalue weighted by Crippen LogP contribution is -2.50. The van der Waals surface area contributed by atoms with Crippen molar-refractivity contribution in [2.24, 2.45) is 5.92 Å². The first-order valence-corrected chi connectivity index (χ1v) is 14.5. The quantitative estimate of drug-likeness (QED) is 0.367. The van der Waals surface area contributed by atoms with Gasteiger partial charge in [0.1, 0.15) is 17.7 Å². The van der Waals surface area contributed by atoms with E-state index in [2.05, 4.69) is 10.0 Å². The van der Waals surface area contributed by atoms with Gasteiger partial charge in [-0.05, 0) is 61.5 Å². The largest absolute Gasteiger partial charge is 0.487 e. The van der Waals surface area contributed by atoms with E-state index < -0.39 is 33.9 Å². The molecule has 3 N–H and O–H groups in total. The lowest BCUT2D eigenvalue weighted by Gasteiger charge is -2.38. The minimum atomic E-state index is -4.07. The number of carbonyl (C=O) groups excluding carboxylic acids is 2. The summed E-state index contributed by atoms with van der Waals surface area (Å²) < 4.78 is 47.8. The second kappa shape index (κ2) is 12.6. The fraction of sp³-hybridized carbons (Fsp3) is 0.310. The molecule has 3 aromatic carbocycles. The Morgan fingerprint density at radius 3 is 2.46 bits per heavy atom. The van der Waals surface area contributed by atoms with Crippen LogP contribution < -0.4 is 14.8 Å². The maximum atomic E-state index is 13.6. The highest BCUT2D eigenvalue weighted by molar-refractivity contribution is 7.92. The Kier molecular flexibility index (Phi) is 9.14. The highest BCUT2D eigenvalue weighted by atomic mass is 32.2. The summed E-state index contributed by atoms with van der Waals surface area (Å²) in [6, 6.07) is 16.8. The monoisotopic (exact) mass is 584 g/mol. The standard InChI is InChI=1S/C29H33FN4O6S/c1-19-16-34(20(2)18-35)28(36)25-15-23(32-41(38,39)24-12-9-21(30)10-13-24)11-14-26(25)40-27(19)17-33(3)29(37)31-22-7-5-4-6-8-22/h4-15,19-20,27,32,35H,16-18H2,1-3H3,(H,31,37)/t19-,20+,27-/m1/s1. The molecule has 1 heterocycles. The van der Waals surface area contributed by atoms with Crippen molar-refractivity contribution in [1.82, 2.24) is 9.80 Å². The van der Waals surface area contributed by atoms with E-state index in [0.29, 0.717) is 5.69 Å². The number of nitrogens with zero attached hydrogens (tertiary/aromatic N) is 2. The van der Waals surface area contributed by atoms with Crippen LogP contribution in [-0.4, -0.2) is 74.2 Å². The van der Waals surface area contributed by atoms with Crippen molar-refractivity contribution in [3.05, 3.63) is 84.2 Å². The third-order valence-corrected chi connectivity index (χ3v) is 8.26. The summed E-state index contributed by atoms with van der Waals surface area (Å²) in [7, 11) is -2.43. The normalized spacial score (nSPS) is 17.9. The average Bonchev–Trinajstić information content (AvgIpc) is 2.95. The number of urea groups is 1. The molecule has 0 unspecified atom stereocenters. The van der Waals surface area contributed by atoms with Crippen molar-refractivity contribution in [2.45, 2.75) is 30.9 Å². The van der Waals surface area contributed by atoms with Crippen molar-refractivity contribution in [3.63, 3.8) is 0 Å². The van der Waals surface area contributed by atoms with Gasteiger partial charge in [-0.3, -0.25) is 9.52 Å². The minimum absolute atomic E-state index is 0.0953. The predicted octanol–water partition coefficient (Wildman–Crippen LogP) is 4.01. The van der Waals surface area contributed by atoms with E-state index in [9.17, 15) is 27.5 Å². The molecule has 0 aromatic heterocycles.